The van der Waals surface area contributed by atoms with Gasteiger partial charge in [0.2, 0.25) is 5.91 Å². The molecule has 0 bridgehead atoms. The smallest absolute Gasteiger partial charge is 0.254 e. The summed E-state index contributed by atoms with van der Waals surface area (Å²) >= 11 is 11.7. The maximum atomic E-state index is 12.2. The predicted octanol–water partition coefficient (Wildman–Crippen LogP) is 1.96. The fraction of sp³-hybridized carbons (Fsp3) is 0.333. The van der Waals surface area contributed by atoms with Crippen LogP contribution in [-0.4, -0.2) is 36.3 Å². The summed E-state index contributed by atoms with van der Waals surface area (Å²) in [6.07, 6.45) is 0.319. The Kier molecular flexibility index (Phi) is 4.09. The highest BCUT2D eigenvalue weighted by atomic mass is 35.5. The van der Waals surface area contributed by atoms with Crippen LogP contribution in [0.4, 0.5) is 0 Å². The summed E-state index contributed by atoms with van der Waals surface area (Å²) in [5.41, 5.74) is 0.446. The van der Waals surface area contributed by atoms with Crippen molar-refractivity contribution < 1.29 is 9.59 Å². The van der Waals surface area contributed by atoms with Gasteiger partial charge in [0.25, 0.3) is 5.91 Å². The number of carbonyl (C=O) groups is 2. The van der Waals surface area contributed by atoms with Crippen LogP contribution in [0.3, 0.4) is 0 Å². The Hall–Kier alpha value is -1.26. The number of halogens is 2. The van der Waals surface area contributed by atoms with E-state index in [1.54, 1.807) is 23.1 Å². The van der Waals surface area contributed by atoms with E-state index in [1.807, 2.05) is 0 Å². The zero-order valence-corrected chi connectivity index (χ0v) is 11.1. The minimum absolute atomic E-state index is 0.0329. The Labute approximate surface area is 115 Å². The molecule has 0 unspecified atom stereocenters. The minimum atomic E-state index is -0.157. The first-order valence-electron chi connectivity index (χ1n) is 5.58. The largest absolute Gasteiger partial charge is 0.354 e. The number of hydrogen-bond acceptors (Lipinski definition) is 2. The van der Waals surface area contributed by atoms with E-state index < -0.39 is 0 Å². The summed E-state index contributed by atoms with van der Waals surface area (Å²) in [6.45, 7) is 1.38. The molecule has 0 saturated carbocycles. The van der Waals surface area contributed by atoms with E-state index in [-0.39, 0.29) is 11.8 Å². The van der Waals surface area contributed by atoms with E-state index in [0.29, 0.717) is 41.7 Å². The molecule has 0 radical (unpaired) electrons. The fourth-order valence-electron chi connectivity index (χ4n) is 1.83. The number of amides is 2. The molecule has 1 aliphatic heterocycles. The zero-order chi connectivity index (χ0) is 13.1. The number of rotatable bonds is 1. The van der Waals surface area contributed by atoms with Crippen molar-refractivity contribution in [1.82, 2.24) is 10.2 Å². The van der Waals surface area contributed by atoms with Crippen molar-refractivity contribution in [1.29, 1.82) is 0 Å². The zero-order valence-electron chi connectivity index (χ0n) is 9.58. The summed E-state index contributed by atoms with van der Waals surface area (Å²) in [5.74, 6) is -0.190. The molecule has 1 aliphatic rings. The molecule has 6 heteroatoms. The van der Waals surface area contributed by atoms with E-state index in [4.69, 9.17) is 23.2 Å². The highest BCUT2D eigenvalue weighted by Crippen LogP contribution is 2.20. The second-order valence-corrected chi connectivity index (χ2v) is 4.92. The molecule has 96 valence electrons. The molecule has 0 spiro atoms. The van der Waals surface area contributed by atoms with Crippen LogP contribution in [0, 0.1) is 0 Å². The van der Waals surface area contributed by atoms with E-state index in [0.717, 1.165) is 0 Å². The van der Waals surface area contributed by atoms with Crippen molar-refractivity contribution in [3.63, 3.8) is 0 Å². The van der Waals surface area contributed by atoms with Gasteiger partial charge in [0.1, 0.15) is 0 Å². The molecule has 4 nitrogen and oxygen atoms in total. The first-order valence-corrected chi connectivity index (χ1v) is 6.34. The molecular weight excluding hydrogens is 275 g/mol. The van der Waals surface area contributed by atoms with Gasteiger partial charge in [-0.2, -0.15) is 0 Å². The molecule has 1 saturated heterocycles. The molecule has 18 heavy (non-hydrogen) atoms. The van der Waals surface area contributed by atoms with E-state index in [9.17, 15) is 9.59 Å². The molecule has 1 fully saturated rings. The molecule has 1 N–H and O–H groups in total. The van der Waals surface area contributed by atoms with Crippen LogP contribution in [0.1, 0.15) is 16.8 Å². The average Bonchev–Trinajstić information content (AvgIpc) is 2.52. The van der Waals surface area contributed by atoms with Gasteiger partial charge in [0.05, 0.1) is 0 Å². The molecule has 2 rings (SSSR count). The van der Waals surface area contributed by atoms with Crippen LogP contribution in [0.5, 0.6) is 0 Å². The second-order valence-electron chi connectivity index (χ2n) is 4.05. The van der Waals surface area contributed by atoms with Gasteiger partial charge in [0, 0.05) is 41.7 Å². The fourth-order valence-corrected chi connectivity index (χ4v) is 2.36. The number of benzene rings is 1. The third-order valence-corrected chi connectivity index (χ3v) is 3.15. The van der Waals surface area contributed by atoms with E-state index in [1.165, 1.54) is 0 Å². The van der Waals surface area contributed by atoms with Crippen molar-refractivity contribution in [3.8, 4) is 0 Å². The lowest BCUT2D eigenvalue weighted by Gasteiger charge is -2.19. The first-order chi connectivity index (χ1) is 8.56. The number of nitrogens with one attached hydrogen (secondary N) is 1. The van der Waals surface area contributed by atoms with Gasteiger partial charge >= 0.3 is 0 Å². The van der Waals surface area contributed by atoms with Crippen molar-refractivity contribution in [2.75, 3.05) is 19.6 Å². The van der Waals surface area contributed by atoms with Gasteiger partial charge in [-0.3, -0.25) is 9.59 Å². The first kappa shape index (κ1) is 13.2. The van der Waals surface area contributed by atoms with E-state index in [2.05, 4.69) is 5.32 Å². The van der Waals surface area contributed by atoms with Crippen LogP contribution < -0.4 is 5.32 Å². The van der Waals surface area contributed by atoms with Crippen molar-refractivity contribution in [2.24, 2.45) is 0 Å². The number of nitrogens with zero attached hydrogens (tertiary/aromatic N) is 1. The normalized spacial score (nSPS) is 16.1. The molecule has 0 atom stereocenters. The molecule has 2 amide bonds. The Morgan fingerprint density at radius 3 is 2.50 bits per heavy atom. The highest BCUT2D eigenvalue weighted by molar-refractivity contribution is 6.35. The molecule has 1 aromatic carbocycles. The van der Waals surface area contributed by atoms with Crippen LogP contribution in [0.25, 0.3) is 0 Å². The lowest BCUT2D eigenvalue weighted by Crippen LogP contribution is -2.34. The van der Waals surface area contributed by atoms with Gasteiger partial charge in [0.15, 0.2) is 0 Å². The second kappa shape index (κ2) is 5.59. The quantitative estimate of drug-likeness (QED) is 0.858. The SMILES string of the molecule is O=C1CCN(C(=O)c2cc(Cl)cc(Cl)c2)CCN1. The molecular formula is C12H12Cl2N2O2. The van der Waals surface area contributed by atoms with Crippen LogP contribution in [0.15, 0.2) is 18.2 Å². The lowest BCUT2D eigenvalue weighted by molar-refractivity contribution is -0.120. The Bertz CT molecular complexity index is 471. The monoisotopic (exact) mass is 286 g/mol. The van der Waals surface area contributed by atoms with Gasteiger partial charge in [-0.15, -0.1) is 0 Å². The number of hydrogen-bond donors (Lipinski definition) is 1. The van der Waals surface area contributed by atoms with Gasteiger partial charge in [-0.25, -0.2) is 0 Å². The Balaban J connectivity index is 2.17. The Morgan fingerprint density at radius 1 is 1.17 bits per heavy atom. The van der Waals surface area contributed by atoms with Gasteiger partial charge in [-0.05, 0) is 18.2 Å². The summed E-state index contributed by atoms with van der Waals surface area (Å²) in [5, 5.41) is 3.57. The maximum Gasteiger partial charge on any atom is 0.254 e. The summed E-state index contributed by atoms with van der Waals surface area (Å²) in [7, 11) is 0. The van der Waals surface area contributed by atoms with E-state index >= 15 is 0 Å². The summed E-state index contributed by atoms with van der Waals surface area (Å²) in [4.78, 5) is 25.1. The molecule has 1 aromatic rings. The highest BCUT2D eigenvalue weighted by Gasteiger charge is 2.20. The minimum Gasteiger partial charge on any atom is -0.354 e. The Morgan fingerprint density at radius 2 is 1.83 bits per heavy atom. The maximum absolute atomic E-state index is 12.2. The summed E-state index contributed by atoms with van der Waals surface area (Å²) in [6, 6.07) is 4.74. The third kappa shape index (κ3) is 3.15. The average molecular weight is 287 g/mol. The third-order valence-electron chi connectivity index (χ3n) is 2.71. The standard InChI is InChI=1S/C12H12Cl2N2O2/c13-9-5-8(6-10(14)7-9)12(18)16-3-1-11(17)15-2-4-16/h5-7H,1-4H2,(H,15,17). The summed E-state index contributed by atoms with van der Waals surface area (Å²) < 4.78 is 0. The topological polar surface area (TPSA) is 49.4 Å². The van der Waals surface area contributed by atoms with Crippen LogP contribution in [-0.2, 0) is 4.79 Å². The number of carbonyl (C=O) groups excluding carboxylic acids is 2. The van der Waals surface area contributed by atoms with Gasteiger partial charge < -0.3 is 10.2 Å². The van der Waals surface area contributed by atoms with Crippen molar-refractivity contribution in [3.05, 3.63) is 33.8 Å². The lowest BCUT2D eigenvalue weighted by atomic mass is 10.2. The predicted molar refractivity (Wildman–Crippen MR) is 70.0 cm³/mol. The molecule has 1 heterocycles. The molecule has 0 aromatic heterocycles. The van der Waals surface area contributed by atoms with Gasteiger partial charge in [-0.1, -0.05) is 23.2 Å². The van der Waals surface area contributed by atoms with Crippen molar-refractivity contribution >= 4 is 35.0 Å². The molecule has 0 aliphatic carbocycles. The van der Waals surface area contributed by atoms with Crippen LogP contribution in [0.2, 0.25) is 10.0 Å². The van der Waals surface area contributed by atoms with Crippen LogP contribution >= 0.6 is 23.2 Å². The van der Waals surface area contributed by atoms with Crippen molar-refractivity contribution in [2.45, 2.75) is 6.42 Å².